The van der Waals surface area contributed by atoms with Crippen LogP contribution in [-0.4, -0.2) is 42.2 Å². The van der Waals surface area contributed by atoms with E-state index in [1.807, 2.05) is 0 Å². The molecule has 0 bridgehead atoms. The summed E-state index contributed by atoms with van der Waals surface area (Å²) in [7, 11) is 0. The molecule has 0 unspecified atom stereocenters. The van der Waals surface area contributed by atoms with E-state index in [9.17, 15) is 9.59 Å². The van der Waals surface area contributed by atoms with E-state index < -0.39 is 32.1 Å². The first-order valence-electron chi connectivity index (χ1n) is 7.35. The third kappa shape index (κ3) is 6.46. The summed E-state index contributed by atoms with van der Waals surface area (Å²) in [5.41, 5.74) is -0.0299. The molecule has 115 valence electrons. The molecule has 21 heavy (non-hydrogen) atoms. The molecule has 0 aliphatic heterocycles. The van der Waals surface area contributed by atoms with Crippen molar-refractivity contribution in [3.05, 3.63) is 29.6 Å². The predicted molar refractivity (Wildman–Crippen MR) is 81.8 cm³/mol. The molecule has 0 spiro atoms. The average molecular weight is 399 g/mol. The number of carbonyl (C=O) groups is 2. The topological polar surface area (TPSA) is 76.5 Å². The molecule has 1 rings (SSSR count). The molecule has 5 nitrogen and oxygen atoms in total. The molecule has 0 fully saturated rings. The summed E-state index contributed by atoms with van der Waals surface area (Å²) in [6, 6.07) is 4.40. The minimum absolute atomic E-state index is 0.0981. The fraction of sp³-hybridized carbons (Fsp3) is 0.533. The standard InChI is InChI=1S/C7H5NO4.2C4H9.Sn/c9-6(10)4-2-1-3-5(8-4)7(11)12;2*1-3-4-2;/h1-3H,(H,9,10)(H,11,12);2*1,3-4H2,2H3;/q;;;+1/p-1. The first-order valence-corrected chi connectivity index (χ1v) is 12.6. The van der Waals surface area contributed by atoms with E-state index in [2.05, 4.69) is 18.8 Å². The number of aromatic nitrogens is 1. The van der Waals surface area contributed by atoms with Crippen molar-refractivity contribution in [3.8, 4) is 0 Å². The Labute approximate surface area is 133 Å². The van der Waals surface area contributed by atoms with Crippen molar-refractivity contribution in [2.75, 3.05) is 0 Å². The molecule has 0 amide bonds. The van der Waals surface area contributed by atoms with Crippen molar-refractivity contribution in [2.24, 2.45) is 0 Å². The van der Waals surface area contributed by atoms with Crippen LogP contribution in [0.2, 0.25) is 8.87 Å². The van der Waals surface area contributed by atoms with Gasteiger partial charge in [-0.05, 0) is 0 Å². The number of pyridine rings is 1. The molecule has 1 radical (unpaired) electrons. The van der Waals surface area contributed by atoms with Gasteiger partial charge >= 0.3 is 133 Å². The quantitative estimate of drug-likeness (QED) is 0.644. The minimum atomic E-state index is -2.18. The van der Waals surface area contributed by atoms with Gasteiger partial charge in [0.25, 0.3) is 0 Å². The number of carboxylic acids is 1. The summed E-state index contributed by atoms with van der Waals surface area (Å²) in [6.07, 6.45) is 4.38. The van der Waals surface area contributed by atoms with Crippen LogP contribution in [0.4, 0.5) is 0 Å². The van der Waals surface area contributed by atoms with Gasteiger partial charge < -0.3 is 0 Å². The maximum absolute atomic E-state index is 12.1. The zero-order chi connectivity index (χ0) is 15.7. The third-order valence-corrected chi connectivity index (χ3v) is 9.59. The fourth-order valence-corrected chi connectivity index (χ4v) is 8.44. The monoisotopic (exact) mass is 400 g/mol. The second-order valence-corrected chi connectivity index (χ2v) is 11.4. The fourth-order valence-electron chi connectivity index (χ4n) is 1.83. The van der Waals surface area contributed by atoms with Crippen LogP contribution < -0.4 is 0 Å². The van der Waals surface area contributed by atoms with E-state index in [1.165, 1.54) is 18.2 Å². The molecule has 0 saturated heterocycles. The molecule has 1 N–H and O–H groups in total. The SMILES string of the molecule is CCC[CH2][Sn]([CH2]CCC)[O]C(=O)c1cccc(C(=O)O)n1. The van der Waals surface area contributed by atoms with Gasteiger partial charge in [0, 0.05) is 0 Å². The van der Waals surface area contributed by atoms with Crippen LogP contribution in [0.25, 0.3) is 0 Å². The Morgan fingerprint density at radius 2 is 1.71 bits per heavy atom. The van der Waals surface area contributed by atoms with Crippen molar-refractivity contribution in [2.45, 2.75) is 48.4 Å². The number of carboxylic acid groups (broad SMARTS) is 1. The van der Waals surface area contributed by atoms with Gasteiger partial charge in [-0.3, -0.25) is 0 Å². The average Bonchev–Trinajstić information content (AvgIpc) is 2.49. The summed E-state index contributed by atoms with van der Waals surface area (Å²) >= 11 is -2.18. The molecule has 0 aromatic carbocycles. The van der Waals surface area contributed by atoms with E-state index in [0.717, 1.165) is 34.6 Å². The van der Waals surface area contributed by atoms with Gasteiger partial charge in [-0.1, -0.05) is 0 Å². The second kappa shape index (κ2) is 9.76. The van der Waals surface area contributed by atoms with Gasteiger partial charge in [-0.25, -0.2) is 0 Å². The molecule has 1 aromatic heterocycles. The van der Waals surface area contributed by atoms with Crippen LogP contribution in [0.5, 0.6) is 0 Å². The van der Waals surface area contributed by atoms with E-state index in [0.29, 0.717) is 0 Å². The Balaban J connectivity index is 2.71. The summed E-state index contributed by atoms with van der Waals surface area (Å²) in [6.45, 7) is 4.25. The first-order chi connectivity index (χ1) is 10.1. The van der Waals surface area contributed by atoms with Gasteiger partial charge in [0.1, 0.15) is 0 Å². The van der Waals surface area contributed by atoms with Crippen molar-refractivity contribution in [1.29, 1.82) is 0 Å². The summed E-state index contributed by atoms with van der Waals surface area (Å²) < 4.78 is 7.74. The van der Waals surface area contributed by atoms with Gasteiger partial charge in [0.15, 0.2) is 0 Å². The molecule has 6 heteroatoms. The number of nitrogens with zero attached hydrogens (tertiary/aromatic N) is 1. The van der Waals surface area contributed by atoms with Crippen molar-refractivity contribution >= 4 is 32.1 Å². The van der Waals surface area contributed by atoms with E-state index in [4.69, 9.17) is 8.18 Å². The zero-order valence-electron chi connectivity index (χ0n) is 12.6. The van der Waals surface area contributed by atoms with Crippen LogP contribution in [0.3, 0.4) is 0 Å². The number of aromatic carboxylic acids is 1. The summed E-state index contributed by atoms with van der Waals surface area (Å²) in [5.74, 6) is -1.60. The Bertz CT molecular complexity index is 470. The third-order valence-electron chi connectivity index (χ3n) is 3.03. The van der Waals surface area contributed by atoms with Crippen molar-refractivity contribution < 1.29 is 17.8 Å². The molecule has 0 saturated carbocycles. The number of hydrogen-bond donors (Lipinski definition) is 1. The van der Waals surface area contributed by atoms with E-state index in [1.54, 1.807) is 0 Å². The maximum atomic E-state index is 12.1. The normalized spacial score (nSPS) is 10.6. The van der Waals surface area contributed by atoms with E-state index >= 15 is 0 Å². The first kappa shape index (κ1) is 17.9. The second-order valence-electron chi connectivity index (χ2n) is 4.85. The van der Waals surface area contributed by atoms with Crippen LogP contribution in [-0.2, 0) is 3.07 Å². The van der Waals surface area contributed by atoms with Crippen LogP contribution in [0.15, 0.2) is 18.2 Å². The number of carbonyl (C=O) groups excluding carboxylic acids is 1. The predicted octanol–water partition coefficient (Wildman–Crippen LogP) is 3.53. The zero-order valence-corrected chi connectivity index (χ0v) is 15.4. The Kier molecular flexibility index (Phi) is 8.34. The van der Waals surface area contributed by atoms with Crippen LogP contribution in [0, 0.1) is 0 Å². The molecule has 0 atom stereocenters. The van der Waals surface area contributed by atoms with Gasteiger partial charge in [-0.2, -0.15) is 0 Å². The van der Waals surface area contributed by atoms with Gasteiger partial charge in [0.2, 0.25) is 0 Å². The number of unbranched alkanes of at least 4 members (excludes halogenated alkanes) is 2. The van der Waals surface area contributed by atoms with E-state index in [-0.39, 0.29) is 11.4 Å². The van der Waals surface area contributed by atoms with Gasteiger partial charge in [-0.15, -0.1) is 0 Å². The van der Waals surface area contributed by atoms with Crippen molar-refractivity contribution in [3.63, 3.8) is 0 Å². The Hall–Kier alpha value is -1.11. The summed E-state index contributed by atoms with van der Waals surface area (Å²) in [5, 5.41) is 8.90. The number of hydrogen-bond acceptors (Lipinski definition) is 4. The summed E-state index contributed by atoms with van der Waals surface area (Å²) in [4.78, 5) is 26.8. The molecular formula is C15H22NO4Sn. The molecular weight excluding hydrogens is 377 g/mol. The molecule has 1 aromatic rings. The Morgan fingerprint density at radius 1 is 1.14 bits per heavy atom. The van der Waals surface area contributed by atoms with Crippen LogP contribution in [0.1, 0.15) is 60.5 Å². The molecule has 1 heterocycles. The Morgan fingerprint density at radius 3 is 2.24 bits per heavy atom. The van der Waals surface area contributed by atoms with Crippen molar-refractivity contribution in [1.82, 2.24) is 4.98 Å². The van der Waals surface area contributed by atoms with Crippen LogP contribution >= 0.6 is 0 Å². The molecule has 0 aliphatic rings. The molecule has 0 aliphatic carbocycles. The van der Waals surface area contributed by atoms with Gasteiger partial charge in [0.05, 0.1) is 0 Å². The number of rotatable bonds is 9.